The normalized spacial score (nSPS) is 10.9. The number of amides is 1. The predicted octanol–water partition coefficient (Wildman–Crippen LogP) is 3.86. The largest absolute Gasteiger partial charge is 0.456 e. The molecule has 0 unspecified atom stereocenters. The van der Waals surface area contributed by atoms with Crippen molar-refractivity contribution in [2.45, 2.75) is 13.8 Å². The molecule has 0 spiro atoms. The van der Waals surface area contributed by atoms with Crippen LogP contribution >= 0.6 is 11.3 Å². The molecule has 0 aliphatic rings. The number of hydrogen-bond donors (Lipinski definition) is 0. The molecule has 0 fully saturated rings. The van der Waals surface area contributed by atoms with Crippen molar-refractivity contribution < 1.29 is 9.21 Å². The van der Waals surface area contributed by atoms with Crippen molar-refractivity contribution >= 4 is 32.6 Å². The zero-order valence-corrected chi connectivity index (χ0v) is 12.1. The summed E-state index contributed by atoms with van der Waals surface area (Å²) < 4.78 is 6.48. The summed E-state index contributed by atoms with van der Waals surface area (Å²) in [5.74, 6) is 0.928. The van der Waals surface area contributed by atoms with Gasteiger partial charge >= 0.3 is 0 Å². The van der Waals surface area contributed by atoms with Crippen LogP contribution in [0.15, 0.2) is 40.8 Å². The minimum absolute atomic E-state index is 0.153. The Morgan fingerprint density at radius 1 is 1.30 bits per heavy atom. The van der Waals surface area contributed by atoms with Crippen LogP contribution < -0.4 is 4.90 Å². The molecular weight excluding hydrogens is 272 g/mol. The number of furan rings is 1. The van der Waals surface area contributed by atoms with Gasteiger partial charge in [0.05, 0.1) is 10.2 Å². The number of fused-ring (bicyclic) bond motifs is 1. The van der Waals surface area contributed by atoms with Crippen LogP contribution in [0.1, 0.15) is 23.2 Å². The number of carbonyl (C=O) groups is 1. The Bertz CT molecular complexity index is 727. The van der Waals surface area contributed by atoms with E-state index in [0.29, 0.717) is 17.4 Å². The van der Waals surface area contributed by atoms with Gasteiger partial charge in [-0.3, -0.25) is 9.69 Å². The lowest BCUT2D eigenvalue weighted by molar-refractivity contribution is 0.0960. The van der Waals surface area contributed by atoms with Crippen molar-refractivity contribution in [1.82, 2.24) is 4.98 Å². The second-order valence-corrected chi connectivity index (χ2v) is 5.43. The lowest BCUT2D eigenvalue weighted by Gasteiger charge is -2.15. The Morgan fingerprint density at radius 2 is 2.10 bits per heavy atom. The first-order chi connectivity index (χ1) is 9.69. The maximum absolute atomic E-state index is 12.5. The van der Waals surface area contributed by atoms with Crippen LogP contribution in [0.25, 0.3) is 10.2 Å². The molecule has 102 valence electrons. The van der Waals surface area contributed by atoms with Crippen LogP contribution in [0.5, 0.6) is 0 Å². The highest BCUT2D eigenvalue weighted by atomic mass is 32.1. The van der Waals surface area contributed by atoms with Crippen LogP contribution in [0.2, 0.25) is 0 Å². The summed E-state index contributed by atoms with van der Waals surface area (Å²) in [6, 6.07) is 11.4. The second kappa shape index (κ2) is 5.09. The fourth-order valence-corrected chi connectivity index (χ4v) is 3.05. The van der Waals surface area contributed by atoms with Crippen LogP contribution in [0.4, 0.5) is 5.13 Å². The molecule has 1 aromatic carbocycles. The van der Waals surface area contributed by atoms with E-state index in [2.05, 4.69) is 4.98 Å². The second-order valence-electron chi connectivity index (χ2n) is 4.42. The smallest absolute Gasteiger partial charge is 0.295 e. The minimum atomic E-state index is -0.153. The summed E-state index contributed by atoms with van der Waals surface area (Å²) in [5.41, 5.74) is 0.911. The van der Waals surface area contributed by atoms with E-state index in [1.807, 2.05) is 38.1 Å². The van der Waals surface area contributed by atoms with Gasteiger partial charge in [-0.2, -0.15) is 0 Å². The Kier molecular flexibility index (Phi) is 3.28. The van der Waals surface area contributed by atoms with Crippen LogP contribution in [-0.4, -0.2) is 17.4 Å². The first kappa shape index (κ1) is 12.9. The summed E-state index contributed by atoms with van der Waals surface area (Å²) in [4.78, 5) is 18.6. The number of aromatic nitrogens is 1. The van der Waals surface area contributed by atoms with Gasteiger partial charge in [-0.25, -0.2) is 4.98 Å². The molecule has 1 amide bonds. The molecule has 0 aliphatic heterocycles. The van der Waals surface area contributed by atoms with Gasteiger partial charge in [0.1, 0.15) is 5.76 Å². The van der Waals surface area contributed by atoms with Crippen LogP contribution in [0.3, 0.4) is 0 Å². The van der Waals surface area contributed by atoms with Gasteiger partial charge in [0.25, 0.3) is 5.91 Å². The van der Waals surface area contributed by atoms with Crippen molar-refractivity contribution in [2.75, 3.05) is 11.4 Å². The maximum atomic E-state index is 12.5. The molecule has 0 aliphatic carbocycles. The number of aryl methyl sites for hydroxylation is 1. The third-order valence-corrected chi connectivity index (χ3v) is 4.09. The number of rotatable bonds is 3. The fourth-order valence-electron chi connectivity index (χ4n) is 2.02. The van der Waals surface area contributed by atoms with Crippen molar-refractivity contribution in [3.05, 3.63) is 47.9 Å². The van der Waals surface area contributed by atoms with Gasteiger partial charge in [-0.1, -0.05) is 23.5 Å². The van der Waals surface area contributed by atoms with Crippen molar-refractivity contribution in [3.63, 3.8) is 0 Å². The molecule has 4 nitrogen and oxygen atoms in total. The number of carbonyl (C=O) groups excluding carboxylic acids is 1. The van der Waals surface area contributed by atoms with Gasteiger partial charge < -0.3 is 4.42 Å². The number of hydrogen-bond acceptors (Lipinski definition) is 4. The van der Waals surface area contributed by atoms with Gasteiger partial charge in [-0.15, -0.1) is 0 Å². The van der Waals surface area contributed by atoms with E-state index in [0.717, 1.165) is 16.0 Å². The monoisotopic (exact) mass is 286 g/mol. The van der Waals surface area contributed by atoms with Crippen LogP contribution in [0, 0.1) is 6.92 Å². The molecular formula is C15H14N2O2S. The Labute approximate surface area is 120 Å². The SMILES string of the molecule is CCN(C(=O)c1ccc(C)o1)c1nc2ccccc2s1. The van der Waals surface area contributed by atoms with Crippen molar-refractivity contribution in [1.29, 1.82) is 0 Å². The van der Waals surface area contributed by atoms with E-state index < -0.39 is 0 Å². The zero-order valence-electron chi connectivity index (χ0n) is 11.3. The first-order valence-electron chi connectivity index (χ1n) is 6.43. The lowest BCUT2D eigenvalue weighted by Crippen LogP contribution is -2.30. The maximum Gasteiger partial charge on any atom is 0.295 e. The molecule has 0 saturated carbocycles. The van der Waals surface area contributed by atoms with Gasteiger partial charge in [0.15, 0.2) is 10.9 Å². The van der Waals surface area contributed by atoms with E-state index in [-0.39, 0.29) is 5.91 Å². The highest BCUT2D eigenvalue weighted by molar-refractivity contribution is 7.22. The predicted molar refractivity (Wildman–Crippen MR) is 80.4 cm³/mol. The third kappa shape index (κ3) is 2.20. The standard InChI is InChI=1S/C15H14N2O2S/c1-3-17(14(18)12-9-8-10(2)19-12)15-16-11-6-4-5-7-13(11)20-15/h4-9H,3H2,1-2H3. The topological polar surface area (TPSA) is 46.3 Å². The molecule has 20 heavy (non-hydrogen) atoms. The van der Waals surface area contributed by atoms with E-state index in [9.17, 15) is 4.79 Å². The molecule has 0 bridgehead atoms. The molecule has 0 radical (unpaired) electrons. The Morgan fingerprint density at radius 3 is 2.75 bits per heavy atom. The lowest BCUT2D eigenvalue weighted by atomic mass is 10.3. The van der Waals surface area contributed by atoms with Crippen LogP contribution in [-0.2, 0) is 0 Å². The van der Waals surface area contributed by atoms with Gasteiger partial charge in [-0.05, 0) is 38.1 Å². The van der Waals surface area contributed by atoms with E-state index >= 15 is 0 Å². The number of anilines is 1. The third-order valence-electron chi connectivity index (χ3n) is 3.03. The molecule has 0 atom stereocenters. The number of nitrogens with zero attached hydrogens (tertiary/aromatic N) is 2. The number of para-hydroxylation sites is 1. The van der Waals surface area contributed by atoms with E-state index in [1.54, 1.807) is 17.0 Å². The van der Waals surface area contributed by atoms with E-state index in [1.165, 1.54) is 11.3 Å². The van der Waals surface area contributed by atoms with E-state index in [4.69, 9.17) is 4.42 Å². The summed E-state index contributed by atoms with van der Waals surface area (Å²) >= 11 is 1.51. The summed E-state index contributed by atoms with van der Waals surface area (Å²) in [7, 11) is 0. The molecule has 0 saturated heterocycles. The fraction of sp³-hybridized carbons (Fsp3) is 0.200. The zero-order chi connectivity index (χ0) is 14.1. The Balaban J connectivity index is 1.98. The molecule has 0 N–H and O–H groups in total. The summed E-state index contributed by atoms with van der Waals surface area (Å²) in [5, 5.41) is 0.702. The van der Waals surface area contributed by atoms with Gasteiger partial charge in [0.2, 0.25) is 0 Å². The average molecular weight is 286 g/mol. The minimum Gasteiger partial charge on any atom is -0.456 e. The Hall–Kier alpha value is -2.14. The number of thiazole rings is 1. The summed E-state index contributed by atoms with van der Waals surface area (Å²) in [6.45, 7) is 4.31. The number of benzene rings is 1. The average Bonchev–Trinajstić information content (AvgIpc) is 3.05. The van der Waals surface area contributed by atoms with Crippen molar-refractivity contribution in [3.8, 4) is 0 Å². The molecule has 3 aromatic rings. The van der Waals surface area contributed by atoms with Crippen molar-refractivity contribution in [2.24, 2.45) is 0 Å². The summed E-state index contributed by atoms with van der Waals surface area (Å²) in [6.07, 6.45) is 0. The highest BCUT2D eigenvalue weighted by Crippen LogP contribution is 2.29. The first-order valence-corrected chi connectivity index (χ1v) is 7.24. The quantitative estimate of drug-likeness (QED) is 0.734. The molecule has 2 heterocycles. The highest BCUT2D eigenvalue weighted by Gasteiger charge is 2.22. The van der Waals surface area contributed by atoms with Gasteiger partial charge in [0, 0.05) is 6.54 Å². The molecule has 3 rings (SSSR count). The molecule has 2 aromatic heterocycles. The molecule has 5 heteroatoms.